The Hall–Kier alpha value is -1.22. The van der Waals surface area contributed by atoms with Gasteiger partial charge in [0.05, 0.1) is 14.2 Å². The van der Waals surface area contributed by atoms with Crippen LogP contribution in [0.4, 0.5) is 0 Å². The second kappa shape index (κ2) is 13.1. The highest BCUT2D eigenvalue weighted by Crippen LogP contribution is 2.27. The van der Waals surface area contributed by atoms with E-state index in [1.54, 1.807) is 14.2 Å². The van der Waals surface area contributed by atoms with Crippen molar-refractivity contribution in [3.63, 3.8) is 0 Å². The van der Waals surface area contributed by atoms with Crippen molar-refractivity contribution in [2.75, 3.05) is 55.0 Å². The zero-order valence-electron chi connectivity index (χ0n) is 18.0. The second-order valence-corrected chi connectivity index (χ2v) is 7.25. The Morgan fingerprint density at radius 3 is 2.39 bits per heavy atom. The lowest BCUT2D eigenvalue weighted by Crippen LogP contribution is -2.43. The molecule has 7 heteroatoms. The highest BCUT2D eigenvalue weighted by Gasteiger charge is 2.19. The largest absolute Gasteiger partial charge is 0.493 e. The molecule has 0 spiro atoms. The van der Waals surface area contributed by atoms with Gasteiger partial charge in [-0.2, -0.15) is 0 Å². The van der Waals surface area contributed by atoms with Gasteiger partial charge in [-0.1, -0.05) is 18.9 Å². The van der Waals surface area contributed by atoms with Crippen LogP contribution in [-0.2, 0) is 6.42 Å². The maximum atomic E-state index is 5.39. The van der Waals surface area contributed by atoms with Crippen molar-refractivity contribution in [2.24, 2.45) is 4.99 Å². The lowest BCUT2D eigenvalue weighted by atomic mass is 10.1. The van der Waals surface area contributed by atoms with Gasteiger partial charge >= 0.3 is 0 Å². The average Bonchev–Trinajstić information content (AvgIpc) is 3.24. The monoisotopic (exact) mass is 504 g/mol. The van der Waals surface area contributed by atoms with Gasteiger partial charge in [0.15, 0.2) is 17.5 Å². The van der Waals surface area contributed by atoms with Crippen molar-refractivity contribution < 1.29 is 9.47 Å². The number of ether oxygens (including phenoxy) is 2. The molecule has 1 aliphatic rings. The Bertz CT molecular complexity index is 606. The molecule has 1 aromatic carbocycles. The van der Waals surface area contributed by atoms with Gasteiger partial charge < -0.3 is 24.6 Å². The van der Waals surface area contributed by atoms with E-state index < -0.39 is 0 Å². The number of rotatable bonds is 9. The van der Waals surface area contributed by atoms with Crippen molar-refractivity contribution in [3.8, 4) is 11.5 Å². The Morgan fingerprint density at radius 1 is 1.11 bits per heavy atom. The standard InChI is InChI=1S/C21H36N4O2.HI/c1-22-21(23-13-15-24(2)18-8-6-7-9-18)25(3)14-12-17-10-11-19(26-4)20(16-17)27-5;/h10-11,16,18H,6-9,12-15H2,1-5H3,(H,22,23);1H. The molecular formula is C21H37IN4O2. The molecule has 0 unspecified atom stereocenters. The first-order chi connectivity index (χ1) is 13.1. The molecule has 1 fully saturated rings. The summed E-state index contributed by atoms with van der Waals surface area (Å²) in [7, 11) is 9.49. The number of aliphatic imine (C=N–C) groups is 1. The SMILES string of the molecule is CN=C(NCCN(C)C1CCCC1)N(C)CCc1ccc(OC)c(OC)c1.I. The summed E-state index contributed by atoms with van der Waals surface area (Å²) in [5.41, 5.74) is 1.22. The van der Waals surface area contributed by atoms with Crippen molar-refractivity contribution in [2.45, 2.75) is 38.1 Å². The summed E-state index contributed by atoms with van der Waals surface area (Å²) in [4.78, 5) is 9.08. The average molecular weight is 504 g/mol. The second-order valence-electron chi connectivity index (χ2n) is 7.25. The van der Waals surface area contributed by atoms with Gasteiger partial charge in [0, 0.05) is 39.8 Å². The molecule has 1 aromatic rings. The van der Waals surface area contributed by atoms with Crippen LogP contribution in [0.25, 0.3) is 0 Å². The minimum absolute atomic E-state index is 0. The quantitative estimate of drug-likeness (QED) is 0.318. The predicted octanol–water partition coefficient (Wildman–Crippen LogP) is 3.25. The summed E-state index contributed by atoms with van der Waals surface area (Å²) in [6.45, 7) is 2.85. The molecule has 0 heterocycles. The minimum Gasteiger partial charge on any atom is -0.493 e. The predicted molar refractivity (Wildman–Crippen MR) is 128 cm³/mol. The van der Waals surface area contributed by atoms with Crippen LogP contribution >= 0.6 is 24.0 Å². The van der Waals surface area contributed by atoms with Gasteiger partial charge in [-0.15, -0.1) is 24.0 Å². The van der Waals surface area contributed by atoms with Crippen LogP contribution in [0.15, 0.2) is 23.2 Å². The van der Waals surface area contributed by atoms with E-state index in [2.05, 4.69) is 40.3 Å². The van der Waals surface area contributed by atoms with Crippen LogP contribution in [0, 0.1) is 0 Å². The maximum absolute atomic E-state index is 5.39. The fourth-order valence-corrected chi connectivity index (χ4v) is 3.70. The highest BCUT2D eigenvalue weighted by atomic mass is 127. The highest BCUT2D eigenvalue weighted by molar-refractivity contribution is 14.0. The molecule has 1 saturated carbocycles. The Morgan fingerprint density at radius 2 is 1.79 bits per heavy atom. The van der Waals surface area contributed by atoms with Crippen molar-refractivity contribution in [1.82, 2.24) is 15.1 Å². The van der Waals surface area contributed by atoms with E-state index >= 15 is 0 Å². The summed E-state index contributed by atoms with van der Waals surface area (Å²) in [5.74, 6) is 2.48. The molecule has 2 rings (SSSR count). The molecule has 0 radical (unpaired) electrons. The summed E-state index contributed by atoms with van der Waals surface area (Å²) in [5, 5.41) is 3.49. The fourth-order valence-electron chi connectivity index (χ4n) is 3.70. The van der Waals surface area contributed by atoms with E-state index in [0.717, 1.165) is 49.6 Å². The van der Waals surface area contributed by atoms with E-state index in [9.17, 15) is 0 Å². The molecule has 0 aromatic heterocycles. The van der Waals surface area contributed by atoms with Crippen LogP contribution in [0.2, 0.25) is 0 Å². The molecule has 160 valence electrons. The lowest BCUT2D eigenvalue weighted by Gasteiger charge is -2.26. The molecule has 6 nitrogen and oxygen atoms in total. The molecule has 0 bridgehead atoms. The first-order valence-corrected chi connectivity index (χ1v) is 9.92. The van der Waals surface area contributed by atoms with E-state index in [4.69, 9.17) is 9.47 Å². The zero-order valence-corrected chi connectivity index (χ0v) is 20.4. The summed E-state index contributed by atoms with van der Waals surface area (Å²) >= 11 is 0. The van der Waals surface area contributed by atoms with Gasteiger partial charge in [-0.25, -0.2) is 0 Å². The van der Waals surface area contributed by atoms with Crippen LogP contribution in [0.1, 0.15) is 31.2 Å². The van der Waals surface area contributed by atoms with Gasteiger partial charge in [0.25, 0.3) is 0 Å². The molecule has 28 heavy (non-hydrogen) atoms. The number of nitrogens with one attached hydrogen (secondary N) is 1. The molecule has 0 aliphatic heterocycles. The Kier molecular flexibility index (Phi) is 11.6. The number of hydrogen-bond acceptors (Lipinski definition) is 4. The normalized spacial score (nSPS) is 14.7. The maximum Gasteiger partial charge on any atom is 0.193 e. The molecule has 0 amide bonds. The van der Waals surface area contributed by atoms with Gasteiger partial charge in [-0.05, 0) is 44.0 Å². The fraction of sp³-hybridized carbons (Fsp3) is 0.667. The smallest absolute Gasteiger partial charge is 0.193 e. The number of benzene rings is 1. The Balaban J connectivity index is 0.00000392. The van der Waals surface area contributed by atoms with Crippen molar-refractivity contribution >= 4 is 29.9 Å². The molecule has 1 aliphatic carbocycles. The van der Waals surface area contributed by atoms with Gasteiger partial charge in [0.2, 0.25) is 0 Å². The van der Waals surface area contributed by atoms with Crippen LogP contribution in [-0.4, -0.2) is 76.8 Å². The molecule has 0 saturated heterocycles. The molecule has 0 atom stereocenters. The molecule has 1 N–H and O–H groups in total. The number of likely N-dealkylation sites (N-methyl/N-ethyl adjacent to an activating group) is 2. The number of guanidine groups is 1. The van der Waals surface area contributed by atoms with Gasteiger partial charge in [0.1, 0.15) is 0 Å². The number of methoxy groups -OCH3 is 2. The zero-order chi connectivity index (χ0) is 19.6. The van der Waals surface area contributed by atoms with E-state index in [1.807, 2.05) is 19.2 Å². The van der Waals surface area contributed by atoms with E-state index in [-0.39, 0.29) is 24.0 Å². The number of nitrogens with zero attached hydrogens (tertiary/aromatic N) is 3. The third-order valence-corrected chi connectivity index (χ3v) is 5.45. The first kappa shape index (κ1) is 24.8. The lowest BCUT2D eigenvalue weighted by molar-refractivity contribution is 0.248. The van der Waals surface area contributed by atoms with Crippen LogP contribution < -0.4 is 14.8 Å². The van der Waals surface area contributed by atoms with Crippen molar-refractivity contribution in [3.05, 3.63) is 23.8 Å². The third-order valence-electron chi connectivity index (χ3n) is 5.45. The molecular weight excluding hydrogens is 467 g/mol. The first-order valence-electron chi connectivity index (χ1n) is 9.92. The van der Waals surface area contributed by atoms with Gasteiger partial charge in [-0.3, -0.25) is 4.99 Å². The van der Waals surface area contributed by atoms with Crippen LogP contribution in [0.5, 0.6) is 11.5 Å². The topological polar surface area (TPSA) is 49.3 Å². The Labute approximate surface area is 187 Å². The minimum atomic E-state index is 0. The number of halogens is 1. The third kappa shape index (κ3) is 7.31. The van der Waals surface area contributed by atoms with E-state index in [1.165, 1.54) is 31.2 Å². The summed E-state index contributed by atoms with van der Waals surface area (Å²) < 4.78 is 10.7. The van der Waals surface area contributed by atoms with Crippen molar-refractivity contribution in [1.29, 1.82) is 0 Å². The number of hydrogen-bond donors (Lipinski definition) is 1. The summed E-state index contributed by atoms with van der Waals surface area (Å²) in [6, 6.07) is 6.85. The van der Waals surface area contributed by atoms with Crippen LogP contribution in [0.3, 0.4) is 0 Å². The summed E-state index contributed by atoms with van der Waals surface area (Å²) in [6.07, 6.45) is 6.36. The van der Waals surface area contributed by atoms with E-state index in [0.29, 0.717) is 0 Å².